The molecule has 1 aliphatic rings. The molecule has 6 nitrogen and oxygen atoms in total. The molecule has 19 heavy (non-hydrogen) atoms. The van der Waals surface area contributed by atoms with Crippen LogP contribution in [-0.4, -0.2) is 24.5 Å². The lowest BCUT2D eigenvalue weighted by Gasteiger charge is -2.23. The van der Waals surface area contributed by atoms with Crippen LogP contribution in [0.4, 0.5) is 0 Å². The lowest BCUT2D eigenvalue weighted by atomic mass is 9.93. The SMILES string of the molecule is CCn1cnnc1CNC1CCCc2c1cnn2C. The van der Waals surface area contributed by atoms with Crippen molar-refractivity contribution in [1.29, 1.82) is 0 Å². The standard InChI is InChI=1S/C13H20N6/c1-3-19-9-15-17-13(19)8-14-11-5-4-6-12-10(11)7-16-18(12)2/h7,9,11,14H,3-6,8H2,1-2H3. The summed E-state index contributed by atoms with van der Waals surface area (Å²) in [4.78, 5) is 0. The normalized spacial score (nSPS) is 18.5. The van der Waals surface area contributed by atoms with Crippen molar-refractivity contribution in [2.24, 2.45) is 7.05 Å². The van der Waals surface area contributed by atoms with E-state index in [1.165, 1.54) is 24.1 Å². The monoisotopic (exact) mass is 260 g/mol. The summed E-state index contributed by atoms with van der Waals surface area (Å²) < 4.78 is 4.07. The van der Waals surface area contributed by atoms with Gasteiger partial charge in [-0.1, -0.05) is 0 Å². The fourth-order valence-corrected chi connectivity index (χ4v) is 2.81. The van der Waals surface area contributed by atoms with Crippen LogP contribution in [0.25, 0.3) is 0 Å². The number of fused-ring (bicyclic) bond motifs is 1. The van der Waals surface area contributed by atoms with Crippen LogP contribution in [0.1, 0.15) is 42.9 Å². The summed E-state index contributed by atoms with van der Waals surface area (Å²) in [6.07, 6.45) is 7.29. The molecule has 0 spiro atoms. The van der Waals surface area contributed by atoms with Gasteiger partial charge in [0.1, 0.15) is 12.2 Å². The minimum absolute atomic E-state index is 0.388. The van der Waals surface area contributed by atoms with Gasteiger partial charge in [0.2, 0.25) is 0 Å². The summed E-state index contributed by atoms with van der Waals surface area (Å²) in [7, 11) is 2.02. The Bertz CT molecular complexity index is 555. The van der Waals surface area contributed by atoms with E-state index in [9.17, 15) is 0 Å². The van der Waals surface area contributed by atoms with E-state index < -0.39 is 0 Å². The Balaban J connectivity index is 1.71. The van der Waals surface area contributed by atoms with Gasteiger partial charge in [-0.3, -0.25) is 4.68 Å². The Labute approximate surface area is 112 Å². The second-order valence-corrected chi connectivity index (χ2v) is 5.03. The number of rotatable bonds is 4. The van der Waals surface area contributed by atoms with E-state index in [1.54, 1.807) is 6.33 Å². The zero-order chi connectivity index (χ0) is 13.2. The molecule has 0 saturated carbocycles. The van der Waals surface area contributed by atoms with E-state index in [1.807, 2.05) is 17.9 Å². The van der Waals surface area contributed by atoms with E-state index in [-0.39, 0.29) is 0 Å². The highest BCUT2D eigenvalue weighted by atomic mass is 15.3. The molecule has 0 amide bonds. The average molecular weight is 260 g/mol. The van der Waals surface area contributed by atoms with Crippen molar-refractivity contribution in [3.05, 3.63) is 29.6 Å². The smallest absolute Gasteiger partial charge is 0.146 e. The molecular weight excluding hydrogens is 240 g/mol. The predicted molar refractivity (Wildman–Crippen MR) is 71.4 cm³/mol. The first-order valence-corrected chi connectivity index (χ1v) is 6.90. The summed E-state index contributed by atoms with van der Waals surface area (Å²) in [6, 6.07) is 0.388. The molecule has 1 atom stereocenters. The Morgan fingerprint density at radius 3 is 3.21 bits per heavy atom. The quantitative estimate of drug-likeness (QED) is 0.897. The minimum Gasteiger partial charge on any atom is -0.317 e. The van der Waals surface area contributed by atoms with E-state index in [2.05, 4.69) is 32.1 Å². The Hall–Kier alpha value is -1.69. The van der Waals surface area contributed by atoms with Crippen LogP contribution < -0.4 is 5.32 Å². The average Bonchev–Trinajstić information content (AvgIpc) is 3.03. The maximum absolute atomic E-state index is 4.37. The second kappa shape index (κ2) is 5.13. The number of aryl methyl sites for hydroxylation is 2. The van der Waals surface area contributed by atoms with E-state index in [0.29, 0.717) is 6.04 Å². The zero-order valence-electron chi connectivity index (χ0n) is 11.5. The topological polar surface area (TPSA) is 60.6 Å². The van der Waals surface area contributed by atoms with Crippen LogP contribution in [0.2, 0.25) is 0 Å². The van der Waals surface area contributed by atoms with Gasteiger partial charge in [-0.05, 0) is 26.2 Å². The van der Waals surface area contributed by atoms with Gasteiger partial charge in [-0.25, -0.2) is 0 Å². The maximum Gasteiger partial charge on any atom is 0.146 e. The molecule has 3 rings (SSSR count). The third-order valence-electron chi connectivity index (χ3n) is 3.92. The van der Waals surface area contributed by atoms with Crippen molar-refractivity contribution in [1.82, 2.24) is 29.9 Å². The molecule has 0 fully saturated rings. The molecule has 102 valence electrons. The van der Waals surface area contributed by atoms with Crippen LogP contribution in [0.3, 0.4) is 0 Å². The molecule has 6 heteroatoms. The summed E-state index contributed by atoms with van der Waals surface area (Å²) in [6.45, 7) is 3.77. The molecule has 1 N–H and O–H groups in total. The fourth-order valence-electron chi connectivity index (χ4n) is 2.81. The Morgan fingerprint density at radius 2 is 2.37 bits per heavy atom. The Morgan fingerprint density at radius 1 is 1.47 bits per heavy atom. The summed E-state index contributed by atoms with van der Waals surface area (Å²) >= 11 is 0. The van der Waals surface area contributed by atoms with Crippen LogP contribution in [0, 0.1) is 0 Å². The van der Waals surface area contributed by atoms with E-state index >= 15 is 0 Å². The number of aromatic nitrogens is 5. The molecule has 0 radical (unpaired) electrons. The third kappa shape index (κ3) is 2.28. The van der Waals surface area contributed by atoms with Crippen LogP contribution in [0.5, 0.6) is 0 Å². The summed E-state index contributed by atoms with van der Waals surface area (Å²) in [5.41, 5.74) is 2.71. The molecule has 2 aromatic rings. The molecule has 0 bridgehead atoms. The van der Waals surface area contributed by atoms with Gasteiger partial charge in [0.25, 0.3) is 0 Å². The van der Waals surface area contributed by atoms with E-state index in [4.69, 9.17) is 0 Å². The largest absolute Gasteiger partial charge is 0.317 e. The number of hydrogen-bond donors (Lipinski definition) is 1. The first kappa shape index (κ1) is 12.3. The van der Waals surface area contributed by atoms with Crippen molar-refractivity contribution < 1.29 is 0 Å². The molecule has 1 aliphatic carbocycles. The van der Waals surface area contributed by atoms with Gasteiger partial charge in [-0.2, -0.15) is 5.10 Å². The number of nitrogens with one attached hydrogen (secondary N) is 1. The maximum atomic E-state index is 4.37. The van der Waals surface area contributed by atoms with Crippen LogP contribution in [-0.2, 0) is 26.6 Å². The highest BCUT2D eigenvalue weighted by Gasteiger charge is 2.23. The predicted octanol–water partition coefficient (Wildman–Crippen LogP) is 1.20. The molecule has 2 heterocycles. The molecule has 0 aromatic carbocycles. The van der Waals surface area contributed by atoms with Crippen molar-refractivity contribution in [3.8, 4) is 0 Å². The molecular formula is C13H20N6. The molecule has 1 unspecified atom stereocenters. The van der Waals surface area contributed by atoms with Crippen molar-refractivity contribution in [2.45, 2.75) is 45.3 Å². The van der Waals surface area contributed by atoms with Crippen LogP contribution in [0.15, 0.2) is 12.5 Å². The van der Waals surface area contributed by atoms with Gasteiger partial charge >= 0.3 is 0 Å². The fraction of sp³-hybridized carbons (Fsp3) is 0.615. The van der Waals surface area contributed by atoms with Crippen molar-refractivity contribution in [3.63, 3.8) is 0 Å². The lowest BCUT2D eigenvalue weighted by molar-refractivity contribution is 0.440. The number of nitrogens with zero attached hydrogens (tertiary/aromatic N) is 5. The minimum atomic E-state index is 0.388. The first-order valence-electron chi connectivity index (χ1n) is 6.90. The number of hydrogen-bond acceptors (Lipinski definition) is 4. The Kier molecular flexibility index (Phi) is 3.33. The zero-order valence-corrected chi connectivity index (χ0v) is 11.5. The second-order valence-electron chi connectivity index (χ2n) is 5.03. The van der Waals surface area contributed by atoms with Gasteiger partial charge < -0.3 is 9.88 Å². The molecule has 0 saturated heterocycles. The summed E-state index contributed by atoms with van der Waals surface area (Å²) in [5, 5.41) is 16.1. The van der Waals surface area contributed by atoms with Crippen molar-refractivity contribution in [2.75, 3.05) is 0 Å². The summed E-state index contributed by atoms with van der Waals surface area (Å²) in [5.74, 6) is 0.999. The van der Waals surface area contributed by atoms with Gasteiger partial charge in [0, 0.05) is 30.9 Å². The third-order valence-corrected chi connectivity index (χ3v) is 3.92. The van der Waals surface area contributed by atoms with Crippen molar-refractivity contribution >= 4 is 0 Å². The van der Waals surface area contributed by atoms with Gasteiger partial charge in [0.05, 0.1) is 12.7 Å². The highest BCUT2D eigenvalue weighted by molar-refractivity contribution is 5.24. The van der Waals surface area contributed by atoms with E-state index in [0.717, 1.165) is 25.3 Å². The van der Waals surface area contributed by atoms with Gasteiger partial charge in [-0.15, -0.1) is 10.2 Å². The molecule has 2 aromatic heterocycles. The molecule has 0 aliphatic heterocycles. The lowest BCUT2D eigenvalue weighted by Crippen LogP contribution is -2.26. The highest BCUT2D eigenvalue weighted by Crippen LogP contribution is 2.29. The van der Waals surface area contributed by atoms with Gasteiger partial charge in [0.15, 0.2) is 0 Å². The first-order chi connectivity index (χ1) is 9.29. The van der Waals surface area contributed by atoms with Crippen LogP contribution >= 0.6 is 0 Å².